The summed E-state index contributed by atoms with van der Waals surface area (Å²) in [4.78, 5) is 4.37. The third-order valence-corrected chi connectivity index (χ3v) is 2.47. The molecule has 0 atom stereocenters. The van der Waals surface area contributed by atoms with Crippen LogP contribution in [0.4, 0.5) is 17.2 Å². The SMILES string of the molecule is CCOc1cccc(Nc2nc(C)ccc2N)c1. The largest absolute Gasteiger partial charge is 0.494 e. The quantitative estimate of drug-likeness (QED) is 0.866. The molecule has 1 aromatic carbocycles. The molecule has 0 spiro atoms. The maximum atomic E-state index is 5.88. The fraction of sp³-hybridized carbons (Fsp3) is 0.214. The monoisotopic (exact) mass is 243 g/mol. The zero-order valence-electron chi connectivity index (χ0n) is 10.6. The molecule has 0 aliphatic carbocycles. The van der Waals surface area contributed by atoms with E-state index in [-0.39, 0.29) is 0 Å². The van der Waals surface area contributed by atoms with Crippen molar-refractivity contribution < 1.29 is 4.74 Å². The first-order valence-corrected chi connectivity index (χ1v) is 5.92. The molecule has 94 valence electrons. The molecule has 0 unspecified atom stereocenters. The van der Waals surface area contributed by atoms with E-state index in [4.69, 9.17) is 10.5 Å². The van der Waals surface area contributed by atoms with E-state index in [1.165, 1.54) is 0 Å². The zero-order valence-corrected chi connectivity index (χ0v) is 10.6. The third kappa shape index (κ3) is 2.91. The lowest BCUT2D eigenvalue weighted by Crippen LogP contribution is -2.00. The molecule has 2 aromatic rings. The van der Waals surface area contributed by atoms with Crippen LogP contribution in [0.15, 0.2) is 36.4 Å². The first kappa shape index (κ1) is 12.2. The van der Waals surface area contributed by atoms with Gasteiger partial charge in [0.25, 0.3) is 0 Å². The molecule has 0 bridgehead atoms. The smallest absolute Gasteiger partial charge is 0.153 e. The first-order valence-electron chi connectivity index (χ1n) is 5.92. The summed E-state index contributed by atoms with van der Waals surface area (Å²) in [5, 5.41) is 3.20. The van der Waals surface area contributed by atoms with E-state index in [1.54, 1.807) is 0 Å². The van der Waals surface area contributed by atoms with Gasteiger partial charge in [-0.25, -0.2) is 4.98 Å². The Hall–Kier alpha value is -2.23. The van der Waals surface area contributed by atoms with E-state index < -0.39 is 0 Å². The normalized spacial score (nSPS) is 10.1. The molecule has 0 saturated heterocycles. The molecule has 1 aromatic heterocycles. The number of benzene rings is 1. The minimum Gasteiger partial charge on any atom is -0.494 e. The molecule has 3 N–H and O–H groups in total. The van der Waals surface area contributed by atoms with E-state index >= 15 is 0 Å². The highest BCUT2D eigenvalue weighted by Gasteiger charge is 2.02. The van der Waals surface area contributed by atoms with Gasteiger partial charge in [-0.05, 0) is 38.1 Å². The van der Waals surface area contributed by atoms with Crippen molar-refractivity contribution >= 4 is 17.2 Å². The molecular weight excluding hydrogens is 226 g/mol. The van der Waals surface area contributed by atoms with Crippen molar-refractivity contribution in [3.8, 4) is 5.75 Å². The van der Waals surface area contributed by atoms with Crippen molar-refractivity contribution in [1.29, 1.82) is 0 Å². The Balaban J connectivity index is 2.22. The van der Waals surface area contributed by atoms with Crippen molar-refractivity contribution in [3.63, 3.8) is 0 Å². The molecule has 0 amide bonds. The van der Waals surface area contributed by atoms with Crippen LogP contribution in [0.3, 0.4) is 0 Å². The van der Waals surface area contributed by atoms with Crippen molar-refractivity contribution in [1.82, 2.24) is 4.98 Å². The second-order valence-electron chi connectivity index (χ2n) is 3.98. The van der Waals surface area contributed by atoms with E-state index in [9.17, 15) is 0 Å². The molecule has 0 radical (unpaired) electrons. The average molecular weight is 243 g/mol. The van der Waals surface area contributed by atoms with Crippen molar-refractivity contribution in [2.75, 3.05) is 17.7 Å². The number of nitrogens with zero attached hydrogens (tertiary/aromatic N) is 1. The van der Waals surface area contributed by atoms with Crippen molar-refractivity contribution in [2.24, 2.45) is 0 Å². The minimum atomic E-state index is 0.627. The Kier molecular flexibility index (Phi) is 3.67. The Labute approximate surface area is 107 Å². The van der Waals surface area contributed by atoms with Crippen LogP contribution in [-0.2, 0) is 0 Å². The molecule has 0 aliphatic heterocycles. The predicted octanol–water partition coefficient (Wildman–Crippen LogP) is 3.11. The van der Waals surface area contributed by atoms with Crippen LogP contribution in [0.5, 0.6) is 5.75 Å². The number of nitrogen functional groups attached to an aromatic ring is 1. The van der Waals surface area contributed by atoms with Crippen molar-refractivity contribution in [3.05, 3.63) is 42.1 Å². The first-order chi connectivity index (χ1) is 8.69. The number of hydrogen-bond donors (Lipinski definition) is 2. The number of nitrogens with one attached hydrogen (secondary N) is 1. The average Bonchev–Trinajstić information content (AvgIpc) is 2.35. The van der Waals surface area contributed by atoms with Gasteiger partial charge in [0, 0.05) is 17.4 Å². The van der Waals surface area contributed by atoms with Gasteiger partial charge >= 0.3 is 0 Å². The second-order valence-corrected chi connectivity index (χ2v) is 3.98. The molecule has 0 aliphatic rings. The number of nitrogens with two attached hydrogens (primary N) is 1. The Morgan fingerprint density at radius 1 is 1.28 bits per heavy atom. The zero-order chi connectivity index (χ0) is 13.0. The van der Waals surface area contributed by atoms with E-state index in [0.717, 1.165) is 17.1 Å². The Bertz CT molecular complexity index is 540. The maximum Gasteiger partial charge on any atom is 0.153 e. The summed E-state index contributed by atoms with van der Waals surface area (Å²) in [7, 11) is 0. The summed E-state index contributed by atoms with van der Waals surface area (Å²) >= 11 is 0. The van der Waals surface area contributed by atoms with E-state index in [1.807, 2.05) is 50.2 Å². The van der Waals surface area contributed by atoms with Gasteiger partial charge in [-0.1, -0.05) is 6.07 Å². The number of ether oxygens (including phenoxy) is 1. The molecule has 0 saturated carbocycles. The Morgan fingerprint density at radius 3 is 2.89 bits per heavy atom. The van der Waals surface area contributed by atoms with Crippen LogP contribution >= 0.6 is 0 Å². The van der Waals surface area contributed by atoms with Gasteiger partial charge < -0.3 is 15.8 Å². The Morgan fingerprint density at radius 2 is 2.11 bits per heavy atom. The number of hydrogen-bond acceptors (Lipinski definition) is 4. The maximum absolute atomic E-state index is 5.88. The number of anilines is 3. The molecule has 4 heteroatoms. The van der Waals surface area contributed by atoms with Gasteiger partial charge in [0.1, 0.15) is 5.75 Å². The number of aryl methyl sites for hydroxylation is 1. The number of pyridine rings is 1. The standard InChI is InChI=1S/C14H17N3O/c1-3-18-12-6-4-5-11(9-12)17-14-13(15)8-7-10(2)16-14/h4-9H,3,15H2,1-2H3,(H,16,17). The molecular formula is C14H17N3O. The van der Waals surface area contributed by atoms with Gasteiger partial charge in [-0.3, -0.25) is 0 Å². The van der Waals surface area contributed by atoms with Gasteiger partial charge in [0.2, 0.25) is 0 Å². The van der Waals surface area contributed by atoms with Gasteiger partial charge in [-0.2, -0.15) is 0 Å². The molecule has 18 heavy (non-hydrogen) atoms. The van der Waals surface area contributed by atoms with Crippen LogP contribution < -0.4 is 15.8 Å². The van der Waals surface area contributed by atoms with Gasteiger partial charge in [-0.15, -0.1) is 0 Å². The molecule has 1 heterocycles. The lowest BCUT2D eigenvalue weighted by molar-refractivity contribution is 0.340. The van der Waals surface area contributed by atoms with E-state index in [2.05, 4.69) is 10.3 Å². The lowest BCUT2D eigenvalue weighted by atomic mass is 10.3. The molecule has 4 nitrogen and oxygen atoms in total. The lowest BCUT2D eigenvalue weighted by Gasteiger charge is -2.10. The summed E-state index contributed by atoms with van der Waals surface area (Å²) in [6.45, 7) is 4.54. The van der Waals surface area contributed by atoms with Crippen LogP contribution in [0, 0.1) is 6.92 Å². The van der Waals surface area contributed by atoms with Crippen LogP contribution in [0.2, 0.25) is 0 Å². The van der Waals surface area contributed by atoms with Gasteiger partial charge in [0.05, 0.1) is 12.3 Å². The fourth-order valence-electron chi connectivity index (χ4n) is 1.63. The topological polar surface area (TPSA) is 60.2 Å². The summed E-state index contributed by atoms with van der Waals surface area (Å²) in [6.07, 6.45) is 0. The second kappa shape index (κ2) is 5.40. The predicted molar refractivity (Wildman–Crippen MR) is 74.3 cm³/mol. The van der Waals surface area contributed by atoms with Gasteiger partial charge in [0.15, 0.2) is 5.82 Å². The van der Waals surface area contributed by atoms with E-state index in [0.29, 0.717) is 18.1 Å². The number of rotatable bonds is 4. The molecule has 0 fully saturated rings. The summed E-state index contributed by atoms with van der Waals surface area (Å²) in [5.41, 5.74) is 8.34. The minimum absolute atomic E-state index is 0.627. The molecule has 2 rings (SSSR count). The van der Waals surface area contributed by atoms with Crippen LogP contribution in [-0.4, -0.2) is 11.6 Å². The highest BCUT2D eigenvalue weighted by molar-refractivity contribution is 5.69. The fourth-order valence-corrected chi connectivity index (χ4v) is 1.63. The summed E-state index contributed by atoms with van der Waals surface area (Å²) in [6, 6.07) is 11.5. The summed E-state index contributed by atoms with van der Waals surface area (Å²) in [5.74, 6) is 1.50. The summed E-state index contributed by atoms with van der Waals surface area (Å²) < 4.78 is 5.45. The highest BCUT2D eigenvalue weighted by atomic mass is 16.5. The third-order valence-electron chi connectivity index (χ3n) is 2.47. The highest BCUT2D eigenvalue weighted by Crippen LogP contribution is 2.24. The number of aromatic nitrogens is 1. The van der Waals surface area contributed by atoms with Crippen LogP contribution in [0.25, 0.3) is 0 Å². The van der Waals surface area contributed by atoms with Crippen molar-refractivity contribution in [2.45, 2.75) is 13.8 Å². The van der Waals surface area contributed by atoms with Crippen LogP contribution in [0.1, 0.15) is 12.6 Å².